The molecule has 0 amide bonds. The van der Waals surface area contributed by atoms with Crippen molar-refractivity contribution in [2.24, 2.45) is 0 Å². The Labute approximate surface area is 144 Å². The molecular formula is C20H27NO3. The molecule has 2 aromatic carbocycles. The number of aliphatic hydroxyl groups is 1. The van der Waals surface area contributed by atoms with Gasteiger partial charge in [-0.3, -0.25) is 4.90 Å². The first-order chi connectivity index (χ1) is 11.7. The molecule has 130 valence electrons. The van der Waals surface area contributed by atoms with Crippen molar-refractivity contribution < 1.29 is 14.6 Å². The van der Waals surface area contributed by atoms with Gasteiger partial charge in [-0.15, -0.1) is 0 Å². The molecule has 0 saturated carbocycles. The van der Waals surface area contributed by atoms with Crippen LogP contribution in [0.1, 0.15) is 11.1 Å². The van der Waals surface area contributed by atoms with Gasteiger partial charge >= 0.3 is 0 Å². The lowest BCUT2D eigenvalue weighted by Gasteiger charge is -2.25. The fraction of sp³-hybridized carbons (Fsp3) is 0.400. The zero-order valence-electron chi connectivity index (χ0n) is 14.5. The van der Waals surface area contributed by atoms with Crippen molar-refractivity contribution >= 4 is 0 Å². The quantitative estimate of drug-likeness (QED) is 0.728. The molecule has 0 saturated heterocycles. The first-order valence-electron chi connectivity index (χ1n) is 8.30. The third kappa shape index (κ3) is 6.32. The van der Waals surface area contributed by atoms with Crippen molar-refractivity contribution in [2.75, 3.05) is 33.4 Å². The molecule has 4 heteroatoms. The van der Waals surface area contributed by atoms with Gasteiger partial charge in [0.2, 0.25) is 0 Å². The number of aryl methyl sites for hydroxylation is 1. The van der Waals surface area contributed by atoms with Crippen molar-refractivity contribution in [2.45, 2.75) is 19.6 Å². The lowest BCUT2D eigenvalue weighted by atomic mass is 10.1. The number of benzene rings is 2. The highest BCUT2D eigenvalue weighted by Crippen LogP contribution is 2.12. The first-order valence-corrected chi connectivity index (χ1v) is 8.30. The summed E-state index contributed by atoms with van der Waals surface area (Å²) in [5.74, 6) is 0.777. The van der Waals surface area contributed by atoms with E-state index in [0.29, 0.717) is 13.2 Å². The van der Waals surface area contributed by atoms with Crippen molar-refractivity contribution in [3.8, 4) is 5.75 Å². The van der Waals surface area contributed by atoms with Crippen LogP contribution >= 0.6 is 0 Å². The number of methoxy groups -OCH3 is 1. The molecular weight excluding hydrogens is 302 g/mol. The molecule has 0 aliphatic heterocycles. The first kappa shape index (κ1) is 18.5. The van der Waals surface area contributed by atoms with E-state index in [9.17, 15) is 5.11 Å². The highest BCUT2D eigenvalue weighted by Gasteiger charge is 2.14. The van der Waals surface area contributed by atoms with Gasteiger partial charge in [-0.25, -0.2) is 0 Å². The fourth-order valence-corrected chi connectivity index (χ4v) is 2.54. The third-order valence-corrected chi connectivity index (χ3v) is 3.92. The number of rotatable bonds is 10. The summed E-state index contributed by atoms with van der Waals surface area (Å²) >= 11 is 0. The van der Waals surface area contributed by atoms with Crippen molar-refractivity contribution in [1.82, 2.24) is 4.90 Å². The van der Waals surface area contributed by atoms with Crippen molar-refractivity contribution in [1.29, 1.82) is 0 Å². The normalized spacial score (nSPS) is 12.3. The molecule has 0 aliphatic rings. The SMILES string of the molecule is COCCN(Cc1ccccc1C)C[C@@H](O)COc1ccccc1. The lowest BCUT2D eigenvalue weighted by molar-refractivity contribution is 0.0541. The van der Waals surface area contributed by atoms with Crippen molar-refractivity contribution in [3.05, 3.63) is 65.7 Å². The molecule has 2 rings (SSSR count). The summed E-state index contributed by atoms with van der Waals surface area (Å²) in [6.07, 6.45) is -0.550. The Hall–Kier alpha value is -1.88. The van der Waals surface area contributed by atoms with Crippen LogP contribution in [-0.4, -0.2) is 49.5 Å². The Morgan fingerprint density at radius 3 is 2.46 bits per heavy atom. The molecule has 4 nitrogen and oxygen atoms in total. The van der Waals surface area contributed by atoms with Gasteiger partial charge in [0.15, 0.2) is 0 Å². The average Bonchev–Trinajstić information content (AvgIpc) is 2.60. The van der Waals surface area contributed by atoms with E-state index in [1.807, 2.05) is 42.5 Å². The topological polar surface area (TPSA) is 41.9 Å². The molecule has 0 fully saturated rings. The molecule has 0 radical (unpaired) electrons. The summed E-state index contributed by atoms with van der Waals surface area (Å²) in [4.78, 5) is 2.20. The molecule has 0 spiro atoms. The number of hydrogen-bond donors (Lipinski definition) is 1. The summed E-state index contributed by atoms with van der Waals surface area (Å²) in [7, 11) is 1.70. The van der Waals surface area contributed by atoms with Crippen LogP contribution in [0.25, 0.3) is 0 Å². The smallest absolute Gasteiger partial charge is 0.119 e. The molecule has 0 aromatic heterocycles. The van der Waals surface area contributed by atoms with E-state index in [-0.39, 0.29) is 6.61 Å². The average molecular weight is 329 g/mol. The fourth-order valence-electron chi connectivity index (χ4n) is 2.54. The maximum absolute atomic E-state index is 10.3. The Morgan fingerprint density at radius 2 is 1.75 bits per heavy atom. The Balaban J connectivity index is 1.88. The number of nitrogens with zero attached hydrogens (tertiary/aromatic N) is 1. The summed E-state index contributed by atoms with van der Waals surface area (Å²) < 4.78 is 10.8. The number of ether oxygens (including phenoxy) is 2. The third-order valence-electron chi connectivity index (χ3n) is 3.92. The van der Waals surface area contributed by atoms with E-state index >= 15 is 0 Å². The van der Waals surface area contributed by atoms with E-state index in [1.165, 1.54) is 11.1 Å². The minimum Gasteiger partial charge on any atom is -0.491 e. The molecule has 0 heterocycles. The minimum atomic E-state index is -0.550. The van der Waals surface area contributed by atoms with Gasteiger partial charge in [-0.05, 0) is 30.2 Å². The highest BCUT2D eigenvalue weighted by molar-refractivity contribution is 5.25. The standard InChI is InChI=1S/C20H27NO3/c1-17-8-6-7-9-18(17)14-21(12-13-23-2)15-19(22)16-24-20-10-4-3-5-11-20/h3-11,19,22H,12-16H2,1-2H3/t19-/m1/s1. The number of aliphatic hydroxyl groups excluding tert-OH is 1. The maximum atomic E-state index is 10.3. The Morgan fingerprint density at radius 1 is 1.04 bits per heavy atom. The summed E-state index contributed by atoms with van der Waals surface area (Å²) in [5.41, 5.74) is 2.53. The van der Waals surface area contributed by atoms with Crippen LogP contribution in [0.15, 0.2) is 54.6 Å². The molecule has 1 N–H and O–H groups in total. The van der Waals surface area contributed by atoms with Crippen LogP contribution in [0, 0.1) is 6.92 Å². The van der Waals surface area contributed by atoms with Crippen molar-refractivity contribution in [3.63, 3.8) is 0 Å². The van der Waals surface area contributed by atoms with E-state index < -0.39 is 6.10 Å². The van der Waals surface area contributed by atoms with Gasteiger partial charge in [-0.2, -0.15) is 0 Å². The molecule has 0 aliphatic carbocycles. The van der Waals surface area contributed by atoms with E-state index in [0.717, 1.165) is 18.8 Å². The minimum absolute atomic E-state index is 0.279. The Bertz CT molecular complexity index is 588. The highest BCUT2D eigenvalue weighted by atomic mass is 16.5. The van der Waals surface area contributed by atoms with E-state index in [4.69, 9.17) is 9.47 Å². The summed E-state index contributed by atoms with van der Waals surface area (Å²) in [6, 6.07) is 17.9. The molecule has 24 heavy (non-hydrogen) atoms. The van der Waals surface area contributed by atoms with Gasteiger partial charge < -0.3 is 14.6 Å². The van der Waals surface area contributed by atoms with Crippen LogP contribution in [0.2, 0.25) is 0 Å². The second-order valence-corrected chi connectivity index (χ2v) is 5.93. The predicted octanol–water partition coefficient (Wildman–Crippen LogP) is 2.88. The zero-order valence-corrected chi connectivity index (χ0v) is 14.5. The predicted molar refractivity (Wildman–Crippen MR) is 96.3 cm³/mol. The van der Waals surface area contributed by atoms with Gasteiger partial charge in [0.05, 0.1) is 6.61 Å². The molecule has 0 bridgehead atoms. The van der Waals surface area contributed by atoms with Crippen LogP contribution in [0.5, 0.6) is 5.75 Å². The second-order valence-electron chi connectivity index (χ2n) is 5.93. The van der Waals surface area contributed by atoms with Gasteiger partial charge in [-0.1, -0.05) is 42.5 Å². The lowest BCUT2D eigenvalue weighted by Crippen LogP contribution is -2.37. The largest absolute Gasteiger partial charge is 0.491 e. The monoisotopic (exact) mass is 329 g/mol. The van der Waals surface area contributed by atoms with Crippen LogP contribution in [0.4, 0.5) is 0 Å². The summed E-state index contributed by atoms with van der Waals surface area (Å²) in [5, 5.41) is 10.3. The Kier molecular flexibility index (Phi) is 7.75. The van der Waals surface area contributed by atoms with E-state index in [2.05, 4.69) is 24.0 Å². The maximum Gasteiger partial charge on any atom is 0.119 e. The number of hydrogen-bond acceptors (Lipinski definition) is 4. The molecule has 2 aromatic rings. The summed E-state index contributed by atoms with van der Waals surface area (Å²) in [6.45, 7) is 5.13. The van der Waals surface area contributed by atoms with Crippen LogP contribution < -0.4 is 4.74 Å². The zero-order chi connectivity index (χ0) is 17.2. The molecule has 0 unspecified atom stereocenters. The van der Waals surface area contributed by atoms with Gasteiger partial charge in [0.1, 0.15) is 18.5 Å². The van der Waals surface area contributed by atoms with Gasteiger partial charge in [0, 0.05) is 26.7 Å². The van der Waals surface area contributed by atoms with Gasteiger partial charge in [0.25, 0.3) is 0 Å². The van der Waals surface area contributed by atoms with Crippen LogP contribution in [0.3, 0.4) is 0 Å². The molecule has 1 atom stereocenters. The van der Waals surface area contributed by atoms with E-state index in [1.54, 1.807) is 7.11 Å². The second kappa shape index (κ2) is 10.1. The van der Waals surface area contributed by atoms with Crippen LogP contribution in [-0.2, 0) is 11.3 Å². The number of para-hydroxylation sites is 1.